The fraction of sp³-hybridized carbons (Fsp3) is 0.211. The summed E-state index contributed by atoms with van der Waals surface area (Å²) in [6.07, 6.45) is 2.67. The Hall–Kier alpha value is -1.97. The summed E-state index contributed by atoms with van der Waals surface area (Å²) in [4.78, 5) is 4.39. The molecule has 0 fully saturated rings. The van der Waals surface area contributed by atoms with Crippen LogP contribution in [0.5, 0.6) is 0 Å². The van der Waals surface area contributed by atoms with Crippen molar-refractivity contribution in [3.8, 4) is 0 Å². The number of rotatable bonds is 5. The number of nitrogens with zero attached hydrogens (tertiary/aromatic N) is 1. The van der Waals surface area contributed by atoms with Crippen LogP contribution in [0.1, 0.15) is 30.5 Å². The first-order chi connectivity index (χ1) is 11.2. The second kappa shape index (κ2) is 7.07. The quantitative estimate of drug-likeness (QED) is 0.690. The number of nitrogens with one attached hydrogen (secondary N) is 1. The van der Waals surface area contributed by atoms with Gasteiger partial charge in [-0.05, 0) is 47.9 Å². The van der Waals surface area contributed by atoms with Gasteiger partial charge in [0.2, 0.25) is 0 Å². The standard InChI is InChI=1S/C19H18ClFN2/c1-2-18(13-5-7-16(20)8-6-13)23-12-15-11-17(21)10-14-4-3-9-22-19(14)15/h3-11,18,23H,2,12H2,1H3. The highest BCUT2D eigenvalue weighted by atomic mass is 35.5. The minimum atomic E-state index is -0.234. The van der Waals surface area contributed by atoms with E-state index in [0.29, 0.717) is 6.54 Å². The number of pyridine rings is 1. The van der Waals surface area contributed by atoms with Crippen LogP contribution in [-0.2, 0) is 6.54 Å². The fourth-order valence-corrected chi connectivity index (χ4v) is 2.91. The molecule has 118 valence electrons. The molecule has 1 atom stereocenters. The predicted molar refractivity (Wildman–Crippen MR) is 93.0 cm³/mol. The minimum absolute atomic E-state index is 0.189. The number of hydrogen-bond donors (Lipinski definition) is 1. The normalized spacial score (nSPS) is 12.5. The van der Waals surface area contributed by atoms with Crippen molar-refractivity contribution < 1.29 is 4.39 Å². The highest BCUT2D eigenvalue weighted by Gasteiger charge is 2.11. The summed E-state index contributed by atoms with van der Waals surface area (Å²) in [6.45, 7) is 2.68. The maximum absolute atomic E-state index is 13.8. The second-order valence-electron chi connectivity index (χ2n) is 5.53. The molecule has 0 saturated heterocycles. The summed E-state index contributed by atoms with van der Waals surface area (Å²) in [5, 5.41) is 5.04. The van der Waals surface area contributed by atoms with Crippen LogP contribution < -0.4 is 5.32 Å². The van der Waals surface area contributed by atoms with E-state index in [0.717, 1.165) is 27.9 Å². The van der Waals surface area contributed by atoms with Crippen molar-refractivity contribution in [2.45, 2.75) is 25.9 Å². The van der Waals surface area contributed by atoms with Crippen LogP contribution >= 0.6 is 11.6 Å². The molecule has 2 aromatic carbocycles. The molecule has 23 heavy (non-hydrogen) atoms. The van der Waals surface area contributed by atoms with Gasteiger partial charge in [0, 0.05) is 29.2 Å². The molecule has 1 N–H and O–H groups in total. The second-order valence-corrected chi connectivity index (χ2v) is 5.97. The van der Waals surface area contributed by atoms with E-state index in [2.05, 4.69) is 17.2 Å². The minimum Gasteiger partial charge on any atom is -0.306 e. The smallest absolute Gasteiger partial charge is 0.124 e. The number of halogens is 2. The Balaban J connectivity index is 1.83. The zero-order valence-corrected chi connectivity index (χ0v) is 13.6. The largest absolute Gasteiger partial charge is 0.306 e. The third kappa shape index (κ3) is 3.69. The lowest BCUT2D eigenvalue weighted by Gasteiger charge is -2.18. The summed E-state index contributed by atoms with van der Waals surface area (Å²) in [7, 11) is 0. The van der Waals surface area contributed by atoms with Crippen molar-refractivity contribution in [3.63, 3.8) is 0 Å². The van der Waals surface area contributed by atoms with Crippen LogP contribution in [0.4, 0.5) is 4.39 Å². The van der Waals surface area contributed by atoms with Crippen molar-refractivity contribution in [2.75, 3.05) is 0 Å². The summed E-state index contributed by atoms with van der Waals surface area (Å²) < 4.78 is 13.8. The zero-order chi connectivity index (χ0) is 16.2. The molecule has 0 saturated carbocycles. The molecule has 1 unspecified atom stereocenters. The SMILES string of the molecule is CCC(NCc1cc(F)cc2cccnc12)c1ccc(Cl)cc1. The Morgan fingerprint density at radius 3 is 2.70 bits per heavy atom. The predicted octanol–water partition coefficient (Wildman–Crippen LogP) is 5.27. The molecule has 3 rings (SSSR count). The molecule has 0 spiro atoms. The zero-order valence-electron chi connectivity index (χ0n) is 12.9. The maximum Gasteiger partial charge on any atom is 0.124 e. The Bertz CT molecular complexity index is 802. The van der Waals surface area contributed by atoms with Crippen molar-refractivity contribution in [1.82, 2.24) is 10.3 Å². The number of hydrogen-bond acceptors (Lipinski definition) is 2. The highest BCUT2D eigenvalue weighted by Crippen LogP contribution is 2.22. The molecular formula is C19H18ClFN2. The van der Waals surface area contributed by atoms with E-state index in [-0.39, 0.29) is 11.9 Å². The maximum atomic E-state index is 13.8. The molecule has 0 aliphatic heterocycles. The van der Waals surface area contributed by atoms with Gasteiger partial charge in [-0.1, -0.05) is 36.7 Å². The van der Waals surface area contributed by atoms with Crippen LogP contribution in [-0.4, -0.2) is 4.98 Å². The monoisotopic (exact) mass is 328 g/mol. The van der Waals surface area contributed by atoms with Gasteiger partial charge in [-0.15, -0.1) is 0 Å². The van der Waals surface area contributed by atoms with Crippen molar-refractivity contribution in [3.05, 3.63) is 76.7 Å². The summed E-state index contributed by atoms with van der Waals surface area (Å²) in [6, 6.07) is 14.8. The van der Waals surface area contributed by atoms with Gasteiger partial charge in [-0.3, -0.25) is 4.98 Å². The first-order valence-electron chi connectivity index (χ1n) is 7.69. The molecule has 4 heteroatoms. The highest BCUT2D eigenvalue weighted by molar-refractivity contribution is 6.30. The molecule has 0 aliphatic rings. The summed E-state index contributed by atoms with van der Waals surface area (Å²) in [5.74, 6) is -0.234. The van der Waals surface area contributed by atoms with Gasteiger partial charge in [0.15, 0.2) is 0 Å². The van der Waals surface area contributed by atoms with Gasteiger partial charge in [-0.2, -0.15) is 0 Å². The van der Waals surface area contributed by atoms with E-state index in [9.17, 15) is 4.39 Å². The number of benzene rings is 2. The van der Waals surface area contributed by atoms with Gasteiger partial charge in [0.05, 0.1) is 5.52 Å². The van der Waals surface area contributed by atoms with E-state index in [4.69, 9.17) is 11.6 Å². The molecule has 0 amide bonds. The van der Waals surface area contributed by atoms with E-state index in [1.54, 1.807) is 12.3 Å². The lowest BCUT2D eigenvalue weighted by Crippen LogP contribution is -2.20. The van der Waals surface area contributed by atoms with E-state index in [1.807, 2.05) is 36.4 Å². The molecule has 0 aliphatic carbocycles. The summed E-state index contributed by atoms with van der Waals surface area (Å²) in [5.41, 5.74) is 2.88. The van der Waals surface area contributed by atoms with Gasteiger partial charge in [0.25, 0.3) is 0 Å². The Labute approximate surface area is 140 Å². The van der Waals surface area contributed by atoms with Crippen LogP contribution in [0, 0.1) is 5.82 Å². The molecular weight excluding hydrogens is 311 g/mol. The van der Waals surface area contributed by atoms with Gasteiger partial charge >= 0.3 is 0 Å². The molecule has 2 nitrogen and oxygen atoms in total. The third-order valence-electron chi connectivity index (χ3n) is 3.97. The molecule has 1 heterocycles. The van der Waals surface area contributed by atoms with Crippen LogP contribution in [0.2, 0.25) is 5.02 Å². The first-order valence-corrected chi connectivity index (χ1v) is 8.07. The van der Waals surface area contributed by atoms with Crippen LogP contribution in [0.15, 0.2) is 54.7 Å². The van der Waals surface area contributed by atoms with E-state index >= 15 is 0 Å². The van der Waals surface area contributed by atoms with Crippen molar-refractivity contribution >= 4 is 22.5 Å². The number of aromatic nitrogens is 1. The van der Waals surface area contributed by atoms with Crippen molar-refractivity contribution in [2.24, 2.45) is 0 Å². The summed E-state index contributed by atoms with van der Waals surface area (Å²) >= 11 is 5.94. The molecule has 0 bridgehead atoms. The first kappa shape index (κ1) is 15.9. The van der Waals surface area contributed by atoms with Crippen LogP contribution in [0.3, 0.4) is 0 Å². The van der Waals surface area contributed by atoms with Gasteiger partial charge in [0.1, 0.15) is 5.82 Å². The average molecular weight is 329 g/mol. The van der Waals surface area contributed by atoms with Gasteiger partial charge < -0.3 is 5.32 Å². The average Bonchev–Trinajstić information content (AvgIpc) is 2.56. The Morgan fingerprint density at radius 2 is 1.96 bits per heavy atom. The molecule has 1 aromatic heterocycles. The molecule has 0 radical (unpaired) electrons. The number of fused-ring (bicyclic) bond motifs is 1. The fourth-order valence-electron chi connectivity index (χ4n) is 2.79. The Morgan fingerprint density at radius 1 is 1.17 bits per heavy atom. The van der Waals surface area contributed by atoms with Crippen LogP contribution in [0.25, 0.3) is 10.9 Å². The topological polar surface area (TPSA) is 24.9 Å². The molecule has 3 aromatic rings. The lowest BCUT2D eigenvalue weighted by molar-refractivity contribution is 0.518. The van der Waals surface area contributed by atoms with Crippen molar-refractivity contribution in [1.29, 1.82) is 0 Å². The Kier molecular flexibility index (Phi) is 4.89. The van der Waals surface area contributed by atoms with E-state index in [1.165, 1.54) is 11.6 Å². The lowest BCUT2D eigenvalue weighted by atomic mass is 10.0. The van der Waals surface area contributed by atoms with Gasteiger partial charge in [-0.25, -0.2) is 4.39 Å². The van der Waals surface area contributed by atoms with E-state index < -0.39 is 0 Å². The third-order valence-corrected chi connectivity index (χ3v) is 4.22.